The van der Waals surface area contributed by atoms with Crippen molar-refractivity contribution in [1.29, 1.82) is 5.41 Å². The maximum atomic E-state index is 14.2. The van der Waals surface area contributed by atoms with E-state index in [1.54, 1.807) is 25.1 Å². The van der Waals surface area contributed by atoms with E-state index in [4.69, 9.17) is 17.0 Å². The van der Waals surface area contributed by atoms with Crippen molar-refractivity contribution in [2.45, 2.75) is 57.2 Å². The first kappa shape index (κ1) is 28.8. The molecule has 39 heavy (non-hydrogen) atoms. The summed E-state index contributed by atoms with van der Waals surface area (Å²) in [5, 5.41) is 30.0. The van der Waals surface area contributed by atoms with Gasteiger partial charge in [0, 0.05) is 23.7 Å². The number of nitrogens with one attached hydrogen (secondary N) is 2. The highest BCUT2D eigenvalue weighted by Crippen LogP contribution is 2.40. The molecule has 0 bridgehead atoms. The Bertz CT molecular complexity index is 1420. The molecule has 1 aromatic heterocycles. The fourth-order valence-electron chi connectivity index (χ4n) is 5.36. The molecule has 5 rings (SSSR count). The van der Waals surface area contributed by atoms with E-state index in [1.165, 1.54) is 11.1 Å². The Morgan fingerprint density at radius 2 is 1.90 bits per heavy atom. The Labute approximate surface area is 234 Å². The van der Waals surface area contributed by atoms with Gasteiger partial charge in [-0.3, -0.25) is 15.1 Å². The molecule has 4 atom stereocenters. The summed E-state index contributed by atoms with van der Waals surface area (Å²) in [6.07, 6.45) is 2.77. The van der Waals surface area contributed by atoms with Crippen LogP contribution in [0.4, 0.5) is 13.2 Å². The lowest BCUT2D eigenvalue weighted by atomic mass is 9.81. The van der Waals surface area contributed by atoms with Crippen molar-refractivity contribution in [3.8, 4) is 16.9 Å². The van der Waals surface area contributed by atoms with Crippen molar-refractivity contribution < 1.29 is 23.1 Å². The largest absolute Gasteiger partial charge is 0.393 e. The number of aromatic nitrogens is 3. The van der Waals surface area contributed by atoms with Crippen LogP contribution in [0.1, 0.15) is 45.1 Å². The molecule has 1 aliphatic carbocycles. The average Bonchev–Trinajstić information content (AvgIpc) is 3.33. The number of hydrogen-bond acceptors (Lipinski definition) is 5. The van der Waals surface area contributed by atoms with E-state index in [9.17, 15) is 23.1 Å². The minimum atomic E-state index is -1.31. The van der Waals surface area contributed by atoms with E-state index >= 15 is 0 Å². The summed E-state index contributed by atoms with van der Waals surface area (Å²) in [7, 11) is 0. The van der Waals surface area contributed by atoms with Gasteiger partial charge < -0.3 is 10.4 Å². The molecule has 13 heteroatoms. The predicted octanol–water partition coefficient (Wildman–Crippen LogP) is 4.95. The first-order valence-electron chi connectivity index (χ1n) is 12.2. The minimum absolute atomic E-state index is 0. The number of benzene rings is 2. The Morgan fingerprint density at radius 3 is 2.59 bits per heavy atom. The Morgan fingerprint density at radius 1 is 1.18 bits per heavy atom. The summed E-state index contributed by atoms with van der Waals surface area (Å²) in [4.78, 5) is 14.8. The molecule has 8 nitrogen and oxygen atoms in total. The molecule has 1 saturated carbocycles. The van der Waals surface area contributed by atoms with Gasteiger partial charge in [0.05, 0.1) is 29.3 Å². The van der Waals surface area contributed by atoms with Gasteiger partial charge in [0.25, 0.3) is 0 Å². The number of aliphatic hydroxyl groups excluding tert-OH is 1. The van der Waals surface area contributed by atoms with E-state index in [0.29, 0.717) is 42.5 Å². The Hall–Kier alpha value is -3.15. The van der Waals surface area contributed by atoms with Crippen molar-refractivity contribution in [1.82, 2.24) is 25.2 Å². The van der Waals surface area contributed by atoms with Crippen molar-refractivity contribution in [3.63, 3.8) is 0 Å². The van der Waals surface area contributed by atoms with Gasteiger partial charge in [-0.2, -0.15) is 0 Å². The number of amides is 1. The average molecular weight is 583 g/mol. The molecule has 3 N–H and O–H groups in total. The summed E-state index contributed by atoms with van der Waals surface area (Å²) in [5.41, 5.74) is -0.0919. The highest BCUT2D eigenvalue weighted by molar-refractivity contribution is 6.34. The van der Waals surface area contributed by atoms with Gasteiger partial charge in [-0.15, -0.1) is 17.5 Å². The monoisotopic (exact) mass is 582 g/mol. The van der Waals surface area contributed by atoms with E-state index < -0.39 is 29.1 Å². The van der Waals surface area contributed by atoms with Crippen molar-refractivity contribution in [3.05, 3.63) is 64.6 Å². The van der Waals surface area contributed by atoms with Gasteiger partial charge in [-0.25, -0.2) is 17.9 Å². The van der Waals surface area contributed by atoms with Gasteiger partial charge >= 0.3 is 0 Å². The van der Waals surface area contributed by atoms with Gasteiger partial charge in [0.15, 0.2) is 23.4 Å². The lowest BCUT2D eigenvalue weighted by Crippen LogP contribution is -2.62. The molecule has 0 unspecified atom stereocenters. The zero-order valence-corrected chi connectivity index (χ0v) is 22.7. The Kier molecular flexibility index (Phi) is 7.98. The van der Waals surface area contributed by atoms with E-state index in [-0.39, 0.29) is 59.1 Å². The molecule has 2 fully saturated rings. The lowest BCUT2D eigenvalue weighted by Gasteiger charge is -2.46. The number of carbonyl (C=O) groups excluding carboxylic acids is 1. The summed E-state index contributed by atoms with van der Waals surface area (Å²) in [6.45, 7) is 3.72. The number of carbonyl (C=O) groups is 1. The number of aliphatic hydroxyl groups is 1. The van der Waals surface area contributed by atoms with Crippen LogP contribution in [0.5, 0.6) is 0 Å². The van der Waals surface area contributed by atoms with Crippen LogP contribution in [0.15, 0.2) is 36.5 Å². The fraction of sp³-hybridized carbons (Fsp3) is 0.385. The standard InChI is InChI=1S/C26H26ClF3N6O2.ClH/c1-13-8-14(6-7-22(13)37)36-23(38)11-26(2,32-25(36)31)16-5-3-4-15(24(16)27)20-12-35(34-33-20)21-10-18(29)17(28)9-19(21)30;/h3-5,9-10,12-14,22,37H,6-8,11H2,1-2H3,(H2,31,32);1H/t13-,14-,22+,26+;/m1./s1. The number of hydrogen-bond donors (Lipinski definition) is 3. The maximum Gasteiger partial charge on any atom is 0.232 e. The quantitative estimate of drug-likeness (QED) is 0.377. The van der Waals surface area contributed by atoms with Gasteiger partial charge in [-0.1, -0.05) is 41.9 Å². The zero-order chi connectivity index (χ0) is 27.4. The molecule has 2 aromatic carbocycles. The smallest absolute Gasteiger partial charge is 0.232 e. The van der Waals surface area contributed by atoms with Gasteiger partial charge in [0.2, 0.25) is 5.91 Å². The first-order chi connectivity index (χ1) is 18.0. The topological polar surface area (TPSA) is 107 Å². The van der Waals surface area contributed by atoms with Crippen LogP contribution in [-0.2, 0) is 10.3 Å². The molecule has 3 aromatic rings. The molecule has 208 valence electrons. The van der Waals surface area contributed by atoms with Crippen LogP contribution in [0, 0.1) is 28.8 Å². The molecule has 2 heterocycles. The van der Waals surface area contributed by atoms with Crippen LogP contribution in [-0.4, -0.2) is 49.0 Å². The maximum absolute atomic E-state index is 14.2. The molecule has 1 aliphatic heterocycles. The SMILES string of the molecule is C[C@@H]1C[C@H](N2C(=N)N[C@](C)(c3cccc(-c4cn(-c5cc(F)c(F)cc5F)nn4)c3Cl)CC2=O)CC[C@@H]1O.Cl. The lowest BCUT2D eigenvalue weighted by molar-refractivity contribution is -0.133. The van der Waals surface area contributed by atoms with E-state index in [0.717, 1.165) is 4.68 Å². The molecule has 1 saturated heterocycles. The summed E-state index contributed by atoms with van der Waals surface area (Å²) in [6, 6.07) is 6.07. The number of halogens is 5. The van der Waals surface area contributed by atoms with Gasteiger partial charge in [-0.05, 0) is 37.7 Å². The third kappa shape index (κ3) is 5.22. The van der Waals surface area contributed by atoms with Crippen LogP contribution >= 0.6 is 24.0 Å². The van der Waals surface area contributed by atoms with E-state index in [1.807, 2.05) is 6.92 Å². The van der Waals surface area contributed by atoms with Crippen LogP contribution in [0.2, 0.25) is 5.02 Å². The van der Waals surface area contributed by atoms with Crippen molar-refractivity contribution in [2.75, 3.05) is 0 Å². The first-order valence-corrected chi connectivity index (χ1v) is 12.6. The normalized spacial score (nSPS) is 25.3. The number of rotatable bonds is 4. The molecular weight excluding hydrogens is 556 g/mol. The molecule has 0 spiro atoms. The summed E-state index contributed by atoms with van der Waals surface area (Å²) < 4.78 is 42.3. The van der Waals surface area contributed by atoms with Gasteiger partial charge in [0.1, 0.15) is 11.4 Å². The second-order valence-electron chi connectivity index (χ2n) is 10.2. The number of guanidine groups is 1. The number of nitrogens with zero attached hydrogens (tertiary/aromatic N) is 4. The fourth-order valence-corrected chi connectivity index (χ4v) is 5.79. The minimum Gasteiger partial charge on any atom is -0.393 e. The van der Waals surface area contributed by atoms with Crippen LogP contribution in [0.3, 0.4) is 0 Å². The van der Waals surface area contributed by atoms with Crippen molar-refractivity contribution in [2.24, 2.45) is 5.92 Å². The highest BCUT2D eigenvalue weighted by Gasteiger charge is 2.44. The molecule has 2 aliphatic rings. The second kappa shape index (κ2) is 10.8. The van der Waals surface area contributed by atoms with Crippen LogP contribution in [0.25, 0.3) is 16.9 Å². The third-order valence-electron chi connectivity index (χ3n) is 7.47. The van der Waals surface area contributed by atoms with Crippen molar-refractivity contribution >= 4 is 35.9 Å². The summed E-state index contributed by atoms with van der Waals surface area (Å²) >= 11 is 6.79. The van der Waals surface area contributed by atoms with E-state index in [2.05, 4.69) is 15.6 Å². The second-order valence-corrected chi connectivity index (χ2v) is 10.6. The predicted molar refractivity (Wildman–Crippen MR) is 141 cm³/mol. The third-order valence-corrected chi connectivity index (χ3v) is 7.88. The summed E-state index contributed by atoms with van der Waals surface area (Å²) in [5.74, 6) is -3.77. The Balaban J connectivity index is 0.00000353. The van der Waals surface area contributed by atoms with Crippen LogP contribution < -0.4 is 5.32 Å². The molecular formula is C26H27Cl2F3N6O2. The highest BCUT2D eigenvalue weighted by atomic mass is 35.5. The molecule has 0 radical (unpaired) electrons. The zero-order valence-electron chi connectivity index (χ0n) is 21.1. The molecule has 1 amide bonds.